The second-order valence-corrected chi connectivity index (χ2v) is 6.95. The molecule has 1 aliphatic rings. The van der Waals surface area contributed by atoms with Crippen LogP contribution >= 0.6 is 15.9 Å². The minimum Gasteiger partial charge on any atom is -0.389 e. The highest BCUT2D eigenvalue weighted by atomic mass is 79.9. The number of nitrogens with zero attached hydrogens (tertiary/aromatic N) is 2. The van der Waals surface area contributed by atoms with Gasteiger partial charge in [-0.2, -0.15) is 0 Å². The summed E-state index contributed by atoms with van der Waals surface area (Å²) < 4.78 is 1.01. The van der Waals surface area contributed by atoms with E-state index in [1.54, 1.807) is 0 Å². The number of benzene rings is 1. The van der Waals surface area contributed by atoms with Crippen LogP contribution in [-0.4, -0.2) is 42.2 Å². The lowest BCUT2D eigenvalue weighted by Gasteiger charge is -2.46. The first-order valence-electron chi connectivity index (χ1n) is 6.75. The molecule has 3 nitrogen and oxygen atoms in total. The van der Waals surface area contributed by atoms with E-state index in [0.29, 0.717) is 0 Å². The molecule has 0 radical (unpaired) electrons. The van der Waals surface area contributed by atoms with Gasteiger partial charge >= 0.3 is 0 Å². The zero-order valence-electron chi connectivity index (χ0n) is 12.2. The van der Waals surface area contributed by atoms with Crippen LogP contribution in [0.25, 0.3) is 0 Å². The van der Waals surface area contributed by atoms with Crippen molar-refractivity contribution in [3.05, 3.63) is 28.2 Å². The van der Waals surface area contributed by atoms with E-state index in [1.165, 1.54) is 0 Å². The topological polar surface area (TPSA) is 26.7 Å². The van der Waals surface area contributed by atoms with Crippen LogP contribution in [0.4, 0.5) is 5.69 Å². The zero-order chi connectivity index (χ0) is 14.2. The molecule has 1 fully saturated rings. The highest BCUT2D eigenvalue weighted by molar-refractivity contribution is 9.10. The van der Waals surface area contributed by atoms with Crippen LogP contribution in [0.3, 0.4) is 0 Å². The first-order valence-corrected chi connectivity index (χ1v) is 7.54. The summed E-state index contributed by atoms with van der Waals surface area (Å²) in [6.07, 6.45) is -0.449. The number of halogens is 1. The largest absolute Gasteiger partial charge is 0.389 e. The lowest BCUT2D eigenvalue weighted by atomic mass is 9.97. The van der Waals surface area contributed by atoms with Crippen molar-refractivity contribution in [2.24, 2.45) is 0 Å². The van der Waals surface area contributed by atoms with Crippen molar-refractivity contribution < 1.29 is 5.11 Å². The second-order valence-electron chi connectivity index (χ2n) is 6.03. The Kier molecular flexibility index (Phi) is 4.23. The van der Waals surface area contributed by atoms with E-state index in [1.807, 2.05) is 19.1 Å². The third-order valence-electron chi connectivity index (χ3n) is 4.10. The van der Waals surface area contributed by atoms with Crippen LogP contribution in [0.1, 0.15) is 32.4 Å². The van der Waals surface area contributed by atoms with Crippen molar-refractivity contribution in [1.29, 1.82) is 0 Å². The van der Waals surface area contributed by atoms with Crippen molar-refractivity contribution in [2.75, 3.05) is 31.6 Å². The summed E-state index contributed by atoms with van der Waals surface area (Å²) >= 11 is 3.48. The second kappa shape index (κ2) is 5.43. The summed E-state index contributed by atoms with van der Waals surface area (Å²) in [6, 6.07) is 6.17. The third kappa shape index (κ3) is 3.12. The average Bonchev–Trinajstić information content (AvgIpc) is 2.32. The number of aliphatic hydroxyl groups excluding tert-OH is 1. The number of anilines is 1. The lowest BCUT2D eigenvalue weighted by Crippen LogP contribution is -2.57. The summed E-state index contributed by atoms with van der Waals surface area (Å²) in [6.45, 7) is 9.38. The molecule has 1 aliphatic heterocycles. The van der Waals surface area contributed by atoms with Crippen molar-refractivity contribution in [3.8, 4) is 0 Å². The molecule has 0 saturated carbocycles. The van der Waals surface area contributed by atoms with Gasteiger partial charge in [0.25, 0.3) is 0 Å². The normalized spacial score (nSPS) is 21.5. The first-order chi connectivity index (χ1) is 8.81. The standard InChI is InChI=1S/C15H23BrN2O/c1-11(19)13-9-12(16)5-6-14(13)18-8-7-17(4)15(2,3)10-18/h5-6,9,11,19H,7-8,10H2,1-4H3. The fraction of sp³-hybridized carbons (Fsp3) is 0.600. The minimum absolute atomic E-state index is 0.154. The molecule has 0 aliphatic carbocycles. The van der Waals surface area contributed by atoms with E-state index in [0.717, 1.165) is 35.4 Å². The molecule has 1 unspecified atom stereocenters. The molecule has 1 saturated heterocycles. The van der Waals surface area contributed by atoms with Gasteiger partial charge in [-0.3, -0.25) is 4.90 Å². The highest BCUT2D eigenvalue weighted by Crippen LogP contribution is 2.32. The van der Waals surface area contributed by atoms with Gasteiger partial charge < -0.3 is 10.0 Å². The highest BCUT2D eigenvalue weighted by Gasteiger charge is 2.32. The minimum atomic E-state index is -0.449. The van der Waals surface area contributed by atoms with Gasteiger partial charge in [0.05, 0.1) is 6.10 Å². The Bertz CT molecular complexity index is 459. The maximum Gasteiger partial charge on any atom is 0.0782 e. The smallest absolute Gasteiger partial charge is 0.0782 e. The zero-order valence-corrected chi connectivity index (χ0v) is 13.7. The van der Waals surface area contributed by atoms with E-state index in [4.69, 9.17) is 0 Å². The number of piperazine rings is 1. The van der Waals surface area contributed by atoms with Gasteiger partial charge in [0, 0.05) is 40.9 Å². The van der Waals surface area contributed by atoms with Crippen molar-refractivity contribution in [1.82, 2.24) is 4.90 Å². The van der Waals surface area contributed by atoms with E-state index >= 15 is 0 Å². The molecule has 1 heterocycles. The fourth-order valence-corrected chi connectivity index (χ4v) is 2.97. The molecule has 19 heavy (non-hydrogen) atoms. The molecule has 1 aromatic carbocycles. The molecular formula is C15H23BrN2O. The molecule has 0 amide bonds. The van der Waals surface area contributed by atoms with Crippen LogP contribution < -0.4 is 4.90 Å². The quantitative estimate of drug-likeness (QED) is 0.904. The van der Waals surface area contributed by atoms with Crippen LogP contribution in [-0.2, 0) is 0 Å². The summed E-state index contributed by atoms with van der Waals surface area (Å²) in [5.74, 6) is 0. The average molecular weight is 327 g/mol. The van der Waals surface area contributed by atoms with Gasteiger partial charge in [-0.05, 0) is 46.0 Å². The molecule has 1 aromatic rings. The van der Waals surface area contributed by atoms with Crippen LogP contribution in [0.5, 0.6) is 0 Å². The number of rotatable bonds is 2. The van der Waals surface area contributed by atoms with Gasteiger partial charge in [-0.1, -0.05) is 15.9 Å². The molecule has 4 heteroatoms. The number of hydrogen-bond donors (Lipinski definition) is 1. The van der Waals surface area contributed by atoms with Crippen molar-refractivity contribution >= 4 is 21.6 Å². The number of hydrogen-bond acceptors (Lipinski definition) is 3. The Labute approximate surface area is 124 Å². The molecule has 106 valence electrons. The first kappa shape index (κ1) is 14.8. The van der Waals surface area contributed by atoms with E-state index < -0.39 is 6.10 Å². The predicted molar refractivity (Wildman–Crippen MR) is 83.7 cm³/mol. The van der Waals surface area contributed by atoms with E-state index in [2.05, 4.69) is 52.7 Å². The van der Waals surface area contributed by atoms with Gasteiger partial charge in [-0.25, -0.2) is 0 Å². The van der Waals surface area contributed by atoms with Gasteiger partial charge in [0.15, 0.2) is 0 Å². The third-order valence-corrected chi connectivity index (χ3v) is 4.59. The van der Waals surface area contributed by atoms with Crippen molar-refractivity contribution in [3.63, 3.8) is 0 Å². The Balaban J connectivity index is 2.32. The maximum absolute atomic E-state index is 9.98. The molecule has 1 N–H and O–H groups in total. The predicted octanol–water partition coefficient (Wildman–Crippen LogP) is 3.03. The maximum atomic E-state index is 9.98. The van der Waals surface area contributed by atoms with E-state index in [9.17, 15) is 5.11 Å². The van der Waals surface area contributed by atoms with Crippen molar-refractivity contribution in [2.45, 2.75) is 32.4 Å². The Morgan fingerprint density at radius 3 is 2.58 bits per heavy atom. The molecule has 0 spiro atoms. The summed E-state index contributed by atoms with van der Waals surface area (Å²) in [5, 5.41) is 9.98. The fourth-order valence-electron chi connectivity index (χ4n) is 2.59. The van der Waals surface area contributed by atoms with Crippen LogP contribution in [0.2, 0.25) is 0 Å². The molecule has 2 rings (SSSR count). The van der Waals surface area contributed by atoms with Gasteiger partial charge in [0.1, 0.15) is 0 Å². The Morgan fingerprint density at radius 2 is 2.00 bits per heavy atom. The Morgan fingerprint density at radius 1 is 1.32 bits per heavy atom. The van der Waals surface area contributed by atoms with Gasteiger partial charge in [-0.15, -0.1) is 0 Å². The van der Waals surface area contributed by atoms with E-state index in [-0.39, 0.29) is 5.54 Å². The van der Waals surface area contributed by atoms with Gasteiger partial charge in [0.2, 0.25) is 0 Å². The number of likely N-dealkylation sites (N-methyl/N-ethyl adjacent to an activating group) is 1. The SMILES string of the molecule is CC(O)c1cc(Br)ccc1N1CCN(C)C(C)(C)C1. The summed E-state index contributed by atoms with van der Waals surface area (Å²) in [5.41, 5.74) is 2.30. The van der Waals surface area contributed by atoms with Crippen LogP contribution in [0, 0.1) is 0 Å². The summed E-state index contributed by atoms with van der Waals surface area (Å²) in [7, 11) is 2.18. The Hall–Kier alpha value is -0.580. The monoisotopic (exact) mass is 326 g/mol. The summed E-state index contributed by atoms with van der Waals surface area (Å²) in [4.78, 5) is 4.78. The van der Waals surface area contributed by atoms with Crippen LogP contribution in [0.15, 0.2) is 22.7 Å². The molecular weight excluding hydrogens is 304 g/mol. The lowest BCUT2D eigenvalue weighted by molar-refractivity contribution is 0.138. The number of aliphatic hydroxyl groups is 1. The molecule has 0 aromatic heterocycles. The molecule has 0 bridgehead atoms. The molecule has 1 atom stereocenters.